The van der Waals surface area contributed by atoms with Crippen LogP contribution in [0.3, 0.4) is 0 Å². The largest absolute Gasteiger partial charge is 0.380 e. The maximum Gasteiger partial charge on any atom is 0.169 e. The maximum absolute atomic E-state index is 12.2. The van der Waals surface area contributed by atoms with Crippen molar-refractivity contribution in [3.05, 3.63) is 71.3 Å². The quantitative estimate of drug-likeness (QED) is 0.829. The zero-order chi connectivity index (χ0) is 12.8. The van der Waals surface area contributed by atoms with Crippen LogP contribution in [-0.2, 0) is 5.60 Å². The first kappa shape index (κ1) is 11.2. The molecule has 0 radical (unpaired) electrons. The van der Waals surface area contributed by atoms with E-state index in [4.69, 9.17) is 0 Å². The number of ketones is 1. The van der Waals surface area contributed by atoms with Crippen molar-refractivity contribution >= 4 is 5.78 Å². The lowest BCUT2D eigenvalue weighted by Crippen LogP contribution is -2.32. The van der Waals surface area contributed by atoms with E-state index < -0.39 is 11.5 Å². The molecule has 2 unspecified atom stereocenters. The van der Waals surface area contributed by atoms with Gasteiger partial charge in [-0.1, -0.05) is 61.5 Å². The van der Waals surface area contributed by atoms with Crippen molar-refractivity contribution in [2.75, 3.05) is 0 Å². The summed E-state index contributed by atoms with van der Waals surface area (Å²) in [5.41, 5.74) is 0.926. The summed E-state index contributed by atoms with van der Waals surface area (Å²) in [4.78, 5) is 12.2. The van der Waals surface area contributed by atoms with Crippen molar-refractivity contribution in [3.63, 3.8) is 0 Å². The van der Waals surface area contributed by atoms with Crippen LogP contribution in [0.4, 0.5) is 0 Å². The molecular weight excluding hydrogens is 224 g/mol. The molecule has 2 aromatic rings. The molecule has 2 heteroatoms. The van der Waals surface area contributed by atoms with Gasteiger partial charge in [-0.25, -0.2) is 0 Å². The molecule has 0 aliphatic heterocycles. The van der Waals surface area contributed by atoms with Gasteiger partial charge < -0.3 is 5.11 Å². The summed E-state index contributed by atoms with van der Waals surface area (Å²) in [6.07, 6.45) is 0. The van der Waals surface area contributed by atoms with E-state index in [0.717, 1.165) is 5.56 Å². The van der Waals surface area contributed by atoms with Gasteiger partial charge in [0.15, 0.2) is 5.78 Å². The Bertz CT molecular complexity index is 604. The number of carbonyl (C=O) groups is 1. The monoisotopic (exact) mass is 238 g/mol. The molecule has 1 aliphatic rings. The molecule has 0 amide bonds. The Morgan fingerprint density at radius 3 is 2.33 bits per heavy atom. The highest BCUT2D eigenvalue weighted by molar-refractivity contribution is 6.04. The van der Waals surface area contributed by atoms with Crippen molar-refractivity contribution in [3.8, 4) is 0 Å². The Labute approximate surface area is 106 Å². The van der Waals surface area contributed by atoms with E-state index in [1.165, 1.54) is 0 Å². The highest BCUT2D eigenvalue weighted by Crippen LogP contribution is 2.45. The summed E-state index contributed by atoms with van der Waals surface area (Å²) in [5, 5.41) is 11.0. The Kier molecular flexibility index (Phi) is 2.35. The number of rotatable bonds is 1. The number of fused-ring (bicyclic) bond motifs is 1. The van der Waals surface area contributed by atoms with Crippen molar-refractivity contribution in [1.29, 1.82) is 0 Å². The van der Waals surface area contributed by atoms with Gasteiger partial charge >= 0.3 is 0 Å². The van der Waals surface area contributed by atoms with Crippen molar-refractivity contribution in [2.24, 2.45) is 5.92 Å². The van der Waals surface area contributed by atoms with E-state index in [1.54, 1.807) is 13.0 Å². The minimum Gasteiger partial charge on any atom is -0.380 e. The van der Waals surface area contributed by atoms with Crippen LogP contribution < -0.4 is 0 Å². The fourth-order valence-electron chi connectivity index (χ4n) is 2.78. The Morgan fingerprint density at radius 1 is 1.00 bits per heavy atom. The van der Waals surface area contributed by atoms with E-state index >= 15 is 0 Å². The van der Waals surface area contributed by atoms with Crippen molar-refractivity contribution in [2.45, 2.75) is 12.5 Å². The first-order valence-corrected chi connectivity index (χ1v) is 6.07. The highest BCUT2D eigenvalue weighted by atomic mass is 16.3. The third-order valence-electron chi connectivity index (χ3n) is 3.84. The van der Waals surface area contributed by atoms with E-state index in [9.17, 15) is 9.90 Å². The van der Waals surface area contributed by atoms with Crippen molar-refractivity contribution < 1.29 is 9.90 Å². The minimum atomic E-state index is -1.20. The molecule has 2 aromatic carbocycles. The van der Waals surface area contributed by atoms with Gasteiger partial charge in [0.25, 0.3) is 0 Å². The first-order valence-electron chi connectivity index (χ1n) is 6.07. The number of hydrogen-bond donors (Lipinski definition) is 1. The summed E-state index contributed by atoms with van der Waals surface area (Å²) >= 11 is 0. The van der Waals surface area contributed by atoms with Crippen LogP contribution in [0.2, 0.25) is 0 Å². The zero-order valence-electron chi connectivity index (χ0n) is 10.1. The second-order valence-corrected chi connectivity index (χ2v) is 4.76. The predicted molar refractivity (Wildman–Crippen MR) is 69.4 cm³/mol. The molecule has 0 spiro atoms. The van der Waals surface area contributed by atoms with Gasteiger partial charge in [0.2, 0.25) is 0 Å². The maximum atomic E-state index is 12.2. The third-order valence-corrected chi connectivity index (χ3v) is 3.84. The number of carbonyl (C=O) groups excluding carboxylic acids is 1. The summed E-state index contributed by atoms with van der Waals surface area (Å²) in [5.74, 6) is -0.436. The number of hydrogen-bond acceptors (Lipinski definition) is 2. The molecule has 0 saturated carbocycles. The van der Waals surface area contributed by atoms with Gasteiger partial charge in [-0.05, 0) is 11.1 Å². The molecule has 0 heterocycles. The second kappa shape index (κ2) is 3.79. The van der Waals surface area contributed by atoms with Gasteiger partial charge in [0.1, 0.15) is 5.60 Å². The second-order valence-electron chi connectivity index (χ2n) is 4.76. The minimum absolute atomic E-state index is 0.0111. The molecule has 2 atom stereocenters. The lowest BCUT2D eigenvalue weighted by Gasteiger charge is -2.28. The smallest absolute Gasteiger partial charge is 0.169 e. The summed E-state index contributed by atoms with van der Waals surface area (Å²) in [6, 6.07) is 16.7. The van der Waals surface area contributed by atoms with E-state index in [-0.39, 0.29) is 5.78 Å². The fourth-order valence-corrected chi connectivity index (χ4v) is 2.78. The van der Waals surface area contributed by atoms with E-state index in [2.05, 4.69) is 0 Å². The van der Waals surface area contributed by atoms with Crippen LogP contribution in [0.1, 0.15) is 28.4 Å². The van der Waals surface area contributed by atoms with Crippen LogP contribution in [0.15, 0.2) is 54.6 Å². The molecule has 0 aromatic heterocycles. The van der Waals surface area contributed by atoms with Crippen LogP contribution in [0, 0.1) is 5.92 Å². The van der Waals surface area contributed by atoms with Crippen LogP contribution in [0.5, 0.6) is 0 Å². The number of aliphatic hydroxyl groups is 1. The summed E-state index contributed by atoms with van der Waals surface area (Å²) in [7, 11) is 0. The SMILES string of the molecule is CC1C(=O)c2ccccc2C1(O)c1ccccc1. The molecule has 1 N–H and O–H groups in total. The summed E-state index contributed by atoms with van der Waals surface area (Å²) < 4.78 is 0. The van der Waals surface area contributed by atoms with Crippen LogP contribution >= 0.6 is 0 Å². The molecular formula is C16H14O2. The average molecular weight is 238 g/mol. The molecule has 2 nitrogen and oxygen atoms in total. The molecule has 0 fully saturated rings. The molecule has 90 valence electrons. The third kappa shape index (κ3) is 1.30. The van der Waals surface area contributed by atoms with Gasteiger partial charge in [-0.3, -0.25) is 4.79 Å². The zero-order valence-corrected chi connectivity index (χ0v) is 10.1. The first-order chi connectivity index (χ1) is 8.65. The molecule has 18 heavy (non-hydrogen) atoms. The molecule has 3 rings (SSSR count). The molecule has 1 aliphatic carbocycles. The van der Waals surface area contributed by atoms with Gasteiger partial charge in [0, 0.05) is 5.56 Å². The number of benzene rings is 2. The average Bonchev–Trinajstić information content (AvgIpc) is 2.64. The lowest BCUT2D eigenvalue weighted by molar-refractivity contribution is 0.0351. The molecule has 0 saturated heterocycles. The van der Waals surface area contributed by atoms with Gasteiger partial charge in [-0.2, -0.15) is 0 Å². The highest BCUT2D eigenvalue weighted by Gasteiger charge is 2.49. The molecule has 0 bridgehead atoms. The van der Waals surface area contributed by atoms with Crippen LogP contribution in [-0.4, -0.2) is 10.9 Å². The van der Waals surface area contributed by atoms with Crippen molar-refractivity contribution in [1.82, 2.24) is 0 Å². The van der Waals surface area contributed by atoms with Gasteiger partial charge in [-0.15, -0.1) is 0 Å². The number of Topliss-reactive ketones (excluding diaryl/α,β-unsaturated/α-hetero) is 1. The Balaban J connectivity index is 2.27. The lowest BCUT2D eigenvalue weighted by atomic mass is 9.82. The topological polar surface area (TPSA) is 37.3 Å². The Hall–Kier alpha value is -1.93. The van der Waals surface area contributed by atoms with Gasteiger partial charge in [0.05, 0.1) is 5.92 Å². The van der Waals surface area contributed by atoms with Crippen LogP contribution in [0.25, 0.3) is 0 Å². The van der Waals surface area contributed by atoms with E-state index in [1.807, 2.05) is 48.5 Å². The van der Waals surface area contributed by atoms with E-state index in [0.29, 0.717) is 11.1 Å². The normalized spacial score (nSPS) is 26.1. The fraction of sp³-hybridized carbons (Fsp3) is 0.188. The predicted octanol–water partition coefficient (Wildman–Crippen LogP) is 2.75. The Morgan fingerprint density at radius 2 is 1.61 bits per heavy atom. The standard InChI is InChI=1S/C16H14O2/c1-11-15(17)13-9-5-6-10-14(13)16(11,18)12-7-3-2-4-8-12/h2-11,18H,1H3. The summed E-state index contributed by atoms with van der Waals surface area (Å²) in [6.45, 7) is 1.79.